The third kappa shape index (κ3) is 6.99. The van der Waals surface area contributed by atoms with Crippen LogP contribution in [-0.2, 0) is 9.53 Å². The molecule has 0 aromatic carbocycles. The third-order valence-corrected chi connectivity index (χ3v) is 2.46. The van der Waals surface area contributed by atoms with Crippen molar-refractivity contribution < 1.29 is 9.53 Å². The van der Waals surface area contributed by atoms with Crippen LogP contribution in [0.4, 0.5) is 0 Å². The van der Waals surface area contributed by atoms with Gasteiger partial charge in [-0.2, -0.15) is 0 Å². The Morgan fingerprint density at radius 1 is 1.43 bits per heavy atom. The minimum atomic E-state index is -1.37. The molecule has 84 valence electrons. The predicted octanol–water partition coefficient (Wildman–Crippen LogP) is 3.55. The van der Waals surface area contributed by atoms with Gasteiger partial charge in [0.05, 0.1) is 13.0 Å². The van der Waals surface area contributed by atoms with E-state index in [0.717, 1.165) is 0 Å². The Labute approximate surface area is 104 Å². The molecule has 0 amide bonds. The molecule has 2 atom stereocenters. The van der Waals surface area contributed by atoms with Crippen LogP contribution < -0.4 is 0 Å². The first kappa shape index (κ1) is 14.6. The van der Waals surface area contributed by atoms with Crippen molar-refractivity contribution in [3.05, 3.63) is 0 Å². The summed E-state index contributed by atoms with van der Waals surface area (Å²) in [5.74, 6) is -0.588. The SMILES string of the molecule is COC(=O)C(C)CC(Cl)CC(Cl)(Cl)Cl. The topological polar surface area (TPSA) is 26.3 Å². The Bertz CT molecular complexity index is 190. The number of rotatable bonds is 4. The Morgan fingerprint density at radius 2 is 1.93 bits per heavy atom. The maximum absolute atomic E-state index is 11.0. The maximum Gasteiger partial charge on any atom is 0.308 e. The quantitative estimate of drug-likeness (QED) is 0.582. The molecule has 2 unspecified atom stereocenters. The van der Waals surface area contributed by atoms with Gasteiger partial charge in [-0.25, -0.2) is 0 Å². The second-order valence-corrected chi connectivity index (χ2v) is 6.21. The first-order valence-electron chi connectivity index (χ1n) is 4.05. The van der Waals surface area contributed by atoms with Crippen LogP contribution in [0.15, 0.2) is 0 Å². The zero-order chi connectivity index (χ0) is 11.4. The molecule has 0 N–H and O–H groups in total. The van der Waals surface area contributed by atoms with E-state index in [2.05, 4.69) is 4.74 Å². The van der Waals surface area contributed by atoms with Crippen molar-refractivity contribution in [2.45, 2.75) is 28.9 Å². The monoisotopic (exact) mass is 280 g/mol. The van der Waals surface area contributed by atoms with Crippen molar-refractivity contribution in [1.29, 1.82) is 0 Å². The molecule has 6 heteroatoms. The van der Waals surface area contributed by atoms with Gasteiger partial charge in [-0.3, -0.25) is 4.79 Å². The van der Waals surface area contributed by atoms with Crippen LogP contribution in [0.1, 0.15) is 19.8 Å². The van der Waals surface area contributed by atoms with Gasteiger partial charge in [0.15, 0.2) is 3.79 Å². The van der Waals surface area contributed by atoms with Gasteiger partial charge in [-0.1, -0.05) is 41.7 Å². The average molecular weight is 282 g/mol. The van der Waals surface area contributed by atoms with Crippen LogP contribution in [0, 0.1) is 5.92 Å². The Balaban J connectivity index is 3.94. The lowest BCUT2D eigenvalue weighted by Gasteiger charge is -2.17. The van der Waals surface area contributed by atoms with Gasteiger partial charge in [0.1, 0.15) is 0 Å². The molecule has 0 radical (unpaired) electrons. The van der Waals surface area contributed by atoms with Crippen molar-refractivity contribution >= 4 is 52.4 Å². The van der Waals surface area contributed by atoms with E-state index in [0.29, 0.717) is 6.42 Å². The fourth-order valence-electron chi connectivity index (χ4n) is 1.02. The van der Waals surface area contributed by atoms with E-state index in [4.69, 9.17) is 46.4 Å². The molecule has 0 aromatic heterocycles. The number of ether oxygens (including phenoxy) is 1. The van der Waals surface area contributed by atoms with Crippen molar-refractivity contribution in [3.8, 4) is 0 Å². The molecule has 0 spiro atoms. The summed E-state index contributed by atoms with van der Waals surface area (Å²) in [4.78, 5) is 11.0. The highest BCUT2D eigenvalue weighted by molar-refractivity contribution is 6.67. The van der Waals surface area contributed by atoms with Crippen molar-refractivity contribution in [2.24, 2.45) is 5.92 Å². The smallest absolute Gasteiger partial charge is 0.308 e. The largest absolute Gasteiger partial charge is 0.469 e. The highest BCUT2D eigenvalue weighted by atomic mass is 35.6. The summed E-state index contributed by atoms with van der Waals surface area (Å²) in [6, 6.07) is 0. The lowest BCUT2D eigenvalue weighted by Crippen LogP contribution is -2.20. The second kappa shape index (κ2) is 6.26. The molecule has 0 bridgehead atoms. The summed E-state index contributed by atoms with van der Waals surface area (Å²) in [5, 5.41) is -0.350. The summed E-state index contributed by atoms with van der Waals surface area (Å²) >= 11 is 22.6. The Hall–Kier alpha value is 0.630. The van der Waals surface area contributed by atoms with E-state index >= 15 is 0 Å². The zero-order valence-electron chi connectivity index (χ0n) is 7.90. The van der Waals surface area contributed by atoms with E-state index < -0.39 is 3.79 Å². The van der Waals surface area contributed by atoms with Gasteiger partial charge in [0.2, 0.25) is 0 Å². The molecule has 0 aliphatic carbocycles. The van der Waals surface area contributed by atoms with Crippen LogP contribution in [0.3, 0.4) is 0 Å². The molecule has 0 saturated carbocycles. The highest BCUT2D eigenvalue weighted by Gasteiger charge is 2.27. The van der Waals surface area contributed by atoms with Gasteiger partial charge < -0.3 is 4.74 Å². The van der Waals surface area contributed by atoms with Crippen LogP contribution in [0.25, 0.3) is 0 Å². The molecule has 0 aliphatic heterocycles. The first-order valence-corrected chi connectivity index (χ1v) is 5.62. The lowest BCUT2D eigenvalue weighted by molar-refractivity contribution is -0.145. The number of hydrogen-bond donors (Lipinski definition) is 0. The molecular formula is C8H12Cl4O2. The van der Waals surface area contributed by atoms with Crippen LogP contribution >= 0.6 is 46.4 Å². The number of methoxy groups -OCH3 is 1. The van der Waals surface area contributed by atoms with Crippen molar-refractivity contribution in [2.75, 3.05) is 7.11 Å². The summed E-state index contributed by atoms with van der Waals surface area (Å²) in [7, 11) is 1.33. The number of carbonyl (C=O) groups excluding carboxylic acids is 1. The summed E-state index contributed by atoms with van der Waals surface area (Å²) < 4.78 is 3.17. The number of halogens is 4. The molecule has 0 saturated heterocycles. The standard InChI is InChI=1S/C8H12Cl4O2/c1-5(7(13)14-2)3-6(9)4-8(10,11)12/h5-6H,3-4H2,1-2H3. The van der Waals surface area contributed by atoms with Gasteiger partial charge in [0.25, 0.3) is 0 Å². The molecule has 14 heavy (non-hydrogen) atoms. The zero-order valence-corrected chi connectivity index (χ0v) is 10.9. The van der Waals surface area contributed by atoms with Crippen molar-refractivity contribution in [1.82, 2.24) is 0 Å². The van der Waals surface area contributed by atoms with Gasteiger partial charge in [0, 0.05) is 11.8 Å². The van der Waals surface area contributed by atoms with E-state index in [9.17, 15) is 4.79 Å². The van der Waals surface area contributed by atoms with Gasteiger partial charge in [-0.15, -0.1) is 11.6 Å². The minimum absolute atomic E-state index is 0.209. The Morgan fingerprint density at radius 3 is 2.29 bits per heavy atom. The van der Waals surface area contributed by atoms with E-state index in [-0.39, 0.29) is 23.7 Å². The number of alkyl halides is 4. The van der Waals surface area contributed by atoms with Gasteiger partial charge in [-0.05, 0) is 6.42 Å². The lowest BCUT2D eigenvalue weighted by atomic mass is 10.0. The number of esters is 1. The predicted molar refractivity (Wildman–Crippen MR) is 60.3 cm³/mol. The van der Waals surface area contributed by atoms with Crippen LogP contribution in [-0.4, -0.2) is 22.2 Å². The fourth-order valence-corrected chi connectivity index (χ4v) is 2.31. The summed E-state index contributed by atoms with van der Waals surface area (Å²) in [6.45, 7) is 1.72. The second-order valence-electron chi connectivity index (χ2n) is 3.08. The van der Waals surface area contributed by atoms with Crippen molar-refractivity contribution in [3.63, 3.8) is 0 Å². The molecule has 0 heterocycles. The third-order valence-electron chi connectivity index (χ3n) is 1.67. The van der Waals surface area contributed by atoms with E-state index in [1.165, 1.54) is 7.11 Å². The molecule has 2 nitrogen and oxygen atoms in total. The average Bonchev–Trinajstić information content (AvgIpc) is 1.99. The molecular weight excluding hydrogens is 270 g/mol. The highest BCUT2D eigenvalue weighted by Crippen LogP contribution is 2.34. The summed E-state index contributed by atoms with van der Waals surface area (Å²) in [5.41, 5.74) is 0. The molecule has 0 fully saturated rings. The van der Waals surface area contributed by atoms with Crippen LogP contribution in [0.2, 0.25) is 0 Å². The normalized spacial score (nSPS) is 16.1. The maximum atomic E-state index is 11.0. The first-order chi connectivity index (χ1) is 6.26. The number of carbonyl (C=O) groups is 1. The van der Waals surface area contributed by atoms with Gasteiger partial charge >= 0.3 is 5.97 Å². The molecule has 0 rings (SSSR count). The minimum Gasteiger partial charge on any atom is -0.469 e. The van der Waals surface area contributed by atoms with E-state index in [1.54, 1.807) is 6.92 Å². The molecule has 0 aromatic rings. The summed E-state index contributed by atoms with van der Waals surface area (Å²) in [6.07, 6.45) is 0.642. The Kier molecular flexibility index (Phi) is 6.55. The molecule has 0 aliphatic rings. The fraction of sp³-hybridized carbons (Fsp3) is 0.875. The number of hydrogen-bond acceptors (Lipinski definition) is 2. The van der Waals surface area contributed by atoms with Crippen LogP contribution in [0.5, 0.6) is 0 Å². The van der Waals surface area contributed by atoms with E-state index in [1.807, 2.05) is 0 Å².